The van der Waals surface area contributed by atoms with Gasteiger partial charge < -0.3 is 125 Å². The highest BCUT2D eigenvalue weighted by molar-refractivity contribution is 5.97. The number of aliphatic carboxylic acids is 1. The van der Waals surface area contributed by atoms with Gasteiger partial charge in [-0.25, -0.2) is 4.79 Å². The molecule has 0 aromatic carbocycles. The van der Waals surface area contributed by atoms with Crippen LogP contribution in [0.15, 0.2) is 0 Å². The molecule has 82 heavy (non-hydrogen) atoms. The molecule has 7 atom stereocenters. The van der Waals surface area contributed by atoms with E-state index >= 15 is 0 Å². The van der Waals surface area contributed by atoms with Crippen LogP contribution in [-0.2, 0) is 38.4 Å². The summed E-state index contributed by atoms with van der Waals surface area (Å²) in [6.07, 6.45) is -0.0281. The van der Waals surface area contributed by atoms with E-state index in [1.807, 2.05) is 0 Å². The highest BCUT2D eigenvalue weighted by Gasteiger charge is 2.34. The number of carbonyl (C=O) groups is 8. The van der Waals surface area contributed by atoms with Crippen molar-refractivity contribution in [2.45, 2.75) is 132 Å². The molecule has 0 saturated heterocycles. The van der Waals surface area contributed by atoms with Crippen molar-refractivity contribution in [2.24, 2.45) is 45.9 Å². The molecule has 0 aliphatic carbocycles. The van der Waals surface area contributed by atoms with Crippen molar-refractivity contribution >= 4 is 89.0 Å². The second-order valence-electron chi connectivity index (χ2n) is 18.4. The Morgan fingerprint density at radius 1 is 0.293 bits per heavy atom. The molecule has 0 saturated carbocycles. The van der Waals surface area contributed by atoms with Crippen molar-refractivity contribution in [1.29, 1.82) is 37.9 Å². The third kappa shape index (κ3) is 35.9. The van der Waals surface area contributed by atoms with Gasteiger partial charge in [-0.15, -0.1) is 0 Å². The van der Waals surface area contributed by atoms with Gasteiger partial charge in [0.15, 0.2) is 41.7 Å². The largest absolute Gasteiger partial charge is 0.480 e. The van der Waals surface area contributed by atoms with Crippen LogP contribution in [0.1, 0.15) is 89.9 Å². The van der Waals surface area contributed by atoms with Gasteiger partial charge in [-0.2, -0.15) is 0 Å². The molecule has 0 spiro atoms. The smallest absolute Gasteiger partial charge is 0.326 e. The minimum atomic E-state index is -1.51. The number of carbonyl (C=O) groups excluding carboxylic acids is 7. The van der Waals surface area contributed by atoms with Crippen LogP contribution in [0, 0.1) is 37.9 Å². The van der Waals surface area contributed by atoms with Crippen molar-refractivity contribution < 1.29 is 43.5 Å². The SMILES string of the molecule is N=C(N)NCCCC(NC(=O)C(CCCNC(=N)N)NC(=O)C(CCCNC(=N)N)NC(=O)C(CCCNC(=N)N)NC(=O)C(CCCNC(=N)N)NC(=O)C(CCCNC(=N)N)NC(=O)C(CCCNC(=N)N)NC(=O)CN)C(=O)O. The van der Waals surface area contributed by atoms with Crippen LogP contribution in [0.2, 0.25) is 0 Å². The van der Waals surface area contributed by atoms with E-state index in [-0.39, 0.29) is 160 Å². The maximum Gasteiger partial charge on any atom is 0.326 e. The second-order valence-corrected chi connectivity index (χ2v) is 18.4. The lowest BCUT2D eigenvalue weighted by molar-refractivity contribution is -0.142. The Kier molecular flexibility index (Phi) is 36.9. The minimum Gasteiger partial charge on any atom is -0.480 e. The first-order valence-electron chi connectivity index (χ1n) is 26.3. The van der Waals surface area contributed by atoms with Crippen LogP contribution in [0.3, 0.4) is 0 Å². The molecule has 0 fully saturated rings. The maximum absolute atomic E-state index is 14.5. The summed E-state index contributed by atoms with van der Waals surface area (Å²) >= 11 is 0. The fourth-order valence-corrected chi connectivity index (χ4v) is 7.46. The molecule has 0 aromatic rings. The Bertz CT molecular complexity index is 2170. The summed E-state index contributed by atoms with van der Waals surface area (Å²) in [5.74, 6) is -10.2. The molecular formula is C44H89N29O9. The van der Waals surface area contributed by atoms with E-state index in [4.69, 9.17) is 83.7 Å². The molecule has 0 aliphatic rings. The average molecular weight is 1170 g/mol. The molecule has 0 aromatic heterocycles. The number of amides is 7. The second kappa shape index (κ2) is 41.6. The van der Waals surface area contributed by atoms with E-state index in [0.717, 1.165) is 0 Å². The van der Waals surface area contributed by atoms with Gasteiger partial charge in [-0.05, 0) is 89.9 Å². The average Bonchev–Trinajstić information content (AvgIpc) is 3.39. The zero-order chi connectivity index (χ0) is 62.2. The van der Waals surface area contributed by atoms with E-state index in [2.05, 4.69) is 74.4 Å². The predicted octanol–water partition coefficient (Wildman–Crippen LogP) is -9.73. The highest BCUT2D eigenvalue weighted by Crippen LogP contribution is 2.10. The first kappa shape index (κ1) is 72.6. The van der Waals surface area contributed by atoms with E-state index in [0.29, 0.717) is 0 Å². The molecular weight excluding hydrogens is 1080 g/mol. The van der Waals surface area contributed by atoms with Crippen LogP contribution in [0.25, 0.3) is 0 Å². The van der Waals surface area contributed by atoms with Gasteiger partial charge in [0.2, 0.25) is 41.4 Å². The van der Waals surface area contributed by atoms with Crippen molar-refractivity contribution in [3.63, 3.8) is 0 Å². The molecule has 7 amide bonds. The molecule has 38 heteroatoms. The molecule has 38 nitrogen and oxygen atoms in total. The van der Waals surface area contributed by atoms with Crippen LogP contribution in [0.4, 0.5) is 0 Å². The third-order valence-corrected chi connectivity index (χ3v) is 11.5. The molecule has 0 heterocycles. The summed E-state index contributed by atoms with van der Waals surface area (Å²) in [4.78, 5) is 110. The van der Waals surface area contributed by atoms with Crippen molar-refractivity contribution in [2.75, 3.05) is 52.4 Å². The molecule has 0 bridgehead atoms. The van der Waals surface area contributed by atoms with Gasteiger partial charge in [0.05, 0.1) is 6.54 Å². The van der Waals surface area contributed by atoms with Crippen molar-refractivity contribution in [1.82, 2.24) is 74.4 Å². The van der Waals surface area contributed by atoms with E-state index < -0.39 is 114 Å². The summed E-state index contributed by atoms with van der Waals surface area (Å²) in [5.41, 5.74) is 43.5. The van der Waals surface area contributed by atoms with Crippen LogP contribution in [0.5, 0.6) is 0 Å². The predicted molar refractivity (Wildman–Crippen MR) is 304 cm³/mol. The molecule has 0 radical (unpaired) electrons. The lowest BCUT2D eigenvalue weighted by Gasteiger charge is -2.28. The molecule has 7 unspecified atom stereocenters. The summed E-state index contributed by atoms with van der Waals surface area (Å²) in [6.45, 7) is -0.00810. The first-order chi connectivity index (χ1) is 38.7. The molecule has 38 N–H and O–H groups in total. The summed E-state index contributed by atoms with van der Waals surface area (Å²) < 4.78 is 0. The number of hydrogen-bond donors (Lipinski definition) is 30. The van der Waals surface area contributed by atoms with Gasteiger partial charge in [0.25, 0.3) is 0 Å². The Hall–Kier alpha value is -9.39. The van der Waals surface area contributed by atoms with Gasteiger partial charge in [-0.3, -0.25) is 71.4 Å². The summed E-state index contributed by atoms with van der Waals surface area (Å²) in [5, 5.41) is 98.4. The number of hydrogen-bond acceptors (Lipinski definition) is 16. The van der Waals surface area contributed by atoms with E-state index in [9.17, 15) is 43.5 Å². The maximum atomic E-state index is 14.5. The van der Waals surface area contributed by atoms with Gasteiger partial charge >= 0.3 is 5.97 Å². The molecule has 0 rings (SSSR count). The van der Waals surface area contributed by atoms with E-state index in [1.165, 1.54) is 0 Å². The number of nitrogens with one attached hydrogen (secondary N) is 21. The normalized spacial score (nSPS) is 13.1. The minimum absolute atomic E-state index is 0.00156. The fourth-order valence-electron chi connectivity index (χ4n) is 7.46. The van der Waals surface area contributed by atoms with Gasteiger partial charge in [0, 0.05) is 45.8 Å². The number of carboxylic acid groups (broad SMARTS) is 1. The Morgan fingerprint density at radius 3 is 0.610 bits per heavy atom. The Labute approximate surface area is 474 Å². The molecule has 464 valence electrons. The van der Waals surface area contributed by atoms with Crippen molar-refractivity contribution in [3.05, 3.63) is 0 Å². The quantitative estimate of drug-likeness (QED) is 0.0153. The standard InChI is InChI=1S/C44H89N29O9/c45-22-30(74)67-23(8-1-15-60-38(46)47)31(75)68-24(9-2-16-61-39(48)49)32(76)69-25(10-3-17-62-40(50)51)33(77)70-26(11-4-18-63-41(52)53)34(78)71-27(12-5-19-64-42(54)55)35(79)72-28(13-6-20-65-43(56)57)36(80)73-29(37(81)82)14-7-21-66-44(58)59/h23-29H,1-22,45H2,(H,67,74)(H,68,75)(H,69,76)(H,70,77)(H,71,78)(H,72,79)(H,73,80)(H,81,82)(H4,46,47,60)(H4,48,49,61)(H4,50,51,62)(H4,52,53,63)(H4,54,55,64)(H4,56,57,65)(H4,58,59,66). The zero-order valence-corrected chi connectivity index (χ0v) is 45.9. The zero-order valence-electron chi connectivity index (χ0n) is 45.9. The van der Waals surface area contributed by atoms with Crippen LogP contribution >= 0.6 is 0 Å². The topological polar surface area (TPSA) is 700 Å². The summed E-state index contributed by atoms with van der Waals surface area (Å²) in [6, 6.07) is -10.0. The highest BCUT2D eigenvalue weighted by atomic mass is 16.4. The lowest BCUT2D eigenvalue weighted by atomic mass is 10.0. The van der Waals surface area contributed by atoms with Crippen LogP contribution in [-0.4, -0.2) is 189 Å². The number of guanidine groups is 7. The number of rotatable bonds is 43. The first-order valence-corrected chi connectivity index (χ1v) is 26.3. The van der Waals surface area contributed by atoms with Crippen LogP contribution < -0.4 is 120 Å². The Balaban J connectivity index is 7.26. The number of carboxylic acids is 1. The number of nitrogens with two attached hydrogens (primary N) is 8. The monoisotopic (exact) mass is 1170 g/mol. The van der Waals surface area contributed by atoms with Gasteiger partial charge in [-0.1, -0.05) is 0 Å². The van der Waals surface area contributed by atoms with E-state index in [1.54, 1.807) is 0 Å². The Morgan fingerprint density at radius 2 is 0.451 bits per heavy atom. The molecule has 0 aliphatic heterocycles. The summed E-state index contributed by atoms with van der Waals surface area (Å²) in [7, 11) is 0. The fraction of sp³-hybridized carbons (Fsp3) is 0.659. The van der Waals surface area contributed by atoms with Gasteiger partial charge in [0.1, 0.15) is 42.3 Å². The lowest BCUT2D eigenvalue weighted by Crippen LogP contribution is -2.60. The third-order valence-electron chi connectivity index (χ3n) is 11.5. The van der Waals surface area contributed by atoms with Crippen molar-refractivity contribution in [3.8, 4) is 0 Å².